The summed E-state index contributed by atoms with van der Waals surface area (Å²) in [5.74, 6) is 0.367. The maximum absolute atomic E-state index is 11.1. The van der Waals surface area contributed by atoms with Crippen LogP contribution in [-0.4, -0.2) is 38.2 Å². The second-order valence-corrected chi connectivity index (χ2v) is 5.50. The fraction of sp³-hybridized carbons (Fsp3) is 0.556. The molecule has 0 saturated carbocycles. The minimum absolute atomic E-state index is 0. The molecule has 0 aliphatic heterocycles. The van der Waals surface area contributed by atoms with Crippen molar-refractivity contribution in [3.05, 3.63) is 35.4 Å². The number of guanidine groups is 1. The molecule has 0 aromatic heterocycles. The molecule has 0 fully saturated rings. The molecule has 0 saturated heterocycles. The molecular formula is C18H31IN4O2. The Morgan fingerprint density at radius 3 is 2.40 bits per heavy atom. The number of hydrogen-bond donors (Lipinski definition) is 3. The van der Waals surface area contributed by atoms with Gasteiger partial charge in [0.05, 0.1) is 6.54 Å². The van der Waals surface area contributed by atoms with Gasteiger partial charge in [-0.25, -0.2) is 4.99 Å². The molecule has 0 aliphatic rings. The smallest absolute Gasteiger partial charge is 0.248 e. The van der Waals surface area contributed by atoms with E-state index >= 15 is 0 Å². The lowest BCUT2D eigenvalue weighted by molar-refractivity contribution is 0.100. The van der Waals surface area contributed by atoms with Gasteiger partial charge < -0.3 is 21.1 Å². The standard InChI is InChI=1S/C18H30N4O2.HI/c1-3-5-12-24-13-6-11-21-18(20-4-2)22-14-15-7-9-16(10-8-15)17(19)23;/h7-10H,3-6,11-14H2,1-2H3,(H2,19,23)(H2,20,21,22);1H. The van der Waals surface area contributed by atoms with E-state index in [4.69, 9.17) is 10.5 Å². The summed E-state index contributed by atoms with van der Waals surface area (Å²) in [4.78, 5) is 15.6. The Kier molecular flexibility index (Phi) is 14.1. The lowest BCUT2D eigenvalue weighted by Crippen LogP contribution is -2.38. The van der Waals surface area contributed by atoms with Crippen molar-refractivity contribution in [2.45, 2.75) is 39.7 Å². The summed E-state index contributed by atoms with van der Waals surface area (Å²) in [5, 5.41) is 6.51. The van der Waals surface area contributed by atoms with Crippen molar-refractivity contribution in [2.24, 2.45) is 10.7 Å². The Labute approximate surface area is 168 Å². The first-order valence-corrected chi connectivity index (χ1v) is 8.66. The van der Waals surface area contributed by atoms with Gasteiger partial charge in [0.1, 0.15) is 0 Å². The number of hydrogen-bond acceptors (Lipinski definition) is 3. The molecule has 4 N–H and O–H groups in total. The first kappa shape index (κ1) is 23.6. The Morgan fingerprint density at radius 2 is 1.80 bits per heavy atom. The van der Waals surface area contributed by atoms with Crippen molar-refractivity contribution in [1.82, 2.24) is 10.6 Å². The van der Waals surface area contributed by atoms with E-state index in [0.717, 1.165) is 57.1 Å². The van der Waals surface area contributed by atoms with Crippen molar-refractivity contribution in [2.75, 3.05) is 26.3 Å². The Bertz CT molecular complexity index is 506. The number of primary amides is 1. The van der Waals surface area contributed by atoms with Crippen LogP contribution in [0.15, 0.2) is 29.3 Å². The first-order chi connectivity index (χ1) is 11.7. The third-order valence-electron chi connectivity index (χ3n) is 3.40. The summed E-state index contributed by atoms with van der Waals surface area (Å²) < 4.78 is 5.54. The van der Waals surface area contributed by atoms with Crippen LogP contribution in [0.4, 0.5) is 0 Å². The lowest BCUT2D eigenvalue weighted by atomic mass is 10.1. The molecule has 7 heteroatoms. The van der Waals surface area contributed by atoms with E-state index in [-0.39, 0.29) is 24.0 Å². The summed E-state index contributed by atoms with van der Waals surface area (Å²) in [6.45, 7) is 7.96. The Balaban J connectivity index is 0.00000576. The van der Waals surface area contributed by atoms with Crippen LogP contribution in [0.2, 0.25) is 0 Å². The third-order valence-corrected chi connectivity index (χ3v) is 3.40. The van der Waals surface area contributed by atoms with E-state index in [0.29, 0.717) is 12.1 Å². The highest BCUT2D eigenvalue weighted by atomic mass is 127. The second-order valence-electron chi connectivity index (χ2n) is 5.50. The SMILES string of the molecule is CCCCOCCCNC(=NCc1ccc(C(N)=O)cc1)NCC.I. The molecule has 1 amide bonds. The van der Waals surface area contributed by atoms with Gasteiger partial charge in [0.25, 0.3) is 0 Å². The van der Waals surface area contributed by atoms with Crippen molar-refractivity contribution in [1.29, 1.82) is 0 Å². The van der Waals surface area contributed by atoms with E-state index in [2.05, 4.69) is 22.5 Å². The van der Waals surface area contributed by atoms with Gasteiger partial charge >= 0.3 is 0 Å². The van der Waals surface area contributed by atoms with Crippen molar-refractivity contribution >= 4 is 35.8 Å². The first-order valence-electron chi connectivity index (χ1n) is 8.66. The summed E-state index contributed by atoms with van der Waals surface area (Å²) in [5.41, 5.74) is 6.77. The number of nitrogens with one attached hydrogen (secondary N) is 2. The summed E-state index contributed by atoms with van der Waals surface area (Å²) in [6.07, 6.45) is 3.23. The van der Waals surface area contributed by atoms with Gasteiger partial charge in [-0.1, -0.05) is 25.5 Å². The van der Waals surface area contributed by atoms with Crippen LogP contribution in [0, 0.1) is 0 Å². The minimum atomic E-state index is -0.416. The van der Waals surface area contributed by atoms with Gasteiger partial charge in [-0.3, -0.25) is 4.79 Å². The van der Waals surface area contributed by atoms with Crippen molar-refractivity contribution < 1.29 is 9.53 Å². The average molecular weight is 462 g/mol. The van der Waals surface area contributed by atoms with Gasteiger partial charge in [0, 0.05) is 31.9 Å². The van der Waals surface area contributed by atoms with Gasteiger partial charge in [-0.15, -0.1) is 24.0 Å². The molecule has 0 bridgehead atoms. The lowest BCUT2D eigenvalue weighted by Gasteiger charge is -2.11. The zero-order chi connectivity index (χ0) is 17.6. The molecule has 0 aliphatic carbocycles. The summed E-state index contributed by atoms with van der Waals surface area (Å²) >= 11 is 0. The normalized spacial score (nSPS) is 10.9. The molecule has 25 heavy (non-hydrogen) atoms. The molecule has 0 radical (unpaired) electrons. The van der Waals surface area contributed by atoms with Crippen LogP contribution >= 0.6 is 24.0 Å². The zero-order valence-electron chi connectivity index (χ0n) is 15.2. The molecule has 1 aromatic carbocycles. The highest BCUT2D eigenvalue weighted by Gasteiger charge is 2.01. The largest absolute Gasteiger partial charge is 0.381 e. The zero-order valence-corrected chi connectivity index (χ0v) is 17.5. The molecule has 0 unspecified atom stereocenters. The Morgan fingerprint density at radius 1 is 1.12 bits per heavy atom. The third kappa shape index (κ3) is 11.0. The topological polar surface area (TPSA) is 88.7 Å². The fourth-order valence-electron chi connectivity index (χ4n) is 2.02. The van der Waals surface area contributed by atoms with Crippen LogP contribution in [0.3, 0.4) is 0 Å². The van der Waals surface area contributed by atoms with Crippen LogP contribution in [-0.2, 0) is 11.3 Å². The number of amides is 1. The van der Waals surface area contributed by atoms with E-state index in [1.165, 1.54) is 0 Å². The number of halogens is 1. The maximum atomic E-state index is 11.1. The molecule has 6 nitrogen and oxygen atoms in total. The number of carbonyl (C=O) groups excluding carboxylic acids is 1. The number of aliphatic imine (C=N–C) groups is 1. The predicted molar refractivity (Wildman–Crippen MR) is 114 cm³/mol. The average Bonchev–Trinajstić information content (AvgIpc) is 2.59. The maximum Gasteiger partial charge on any atom is 0.248 e. The molecule has 142 valence electrons. The van der Waals surface area contributed by atoms with E-state index < -0.39 is 5.91 Å². The fourth-order valence-corrected chi connectivity index (χ4v) is 2.02. The molecule has 0 atom stereocenters. The summed E-state index contributed by atoms with van der Waals surface area (Å²) in [7, 11) is 0. The molecule has 0 spiro atoms. The van der Waals surface area contributed by atoms with Gasteiger partial charge in [-0.05, 0) is 37.5 Å². The van der Waals surface area contributed by atoms with Crippen molar-refractivity contribution in [3.63, 3.8) is 0 Å². The number of nitrogens with two attached hydrogens (primary N) is 1. The number of ether oxygens (including phenoxy) is 1. The predicted octanol–water partition coefficient (Wildman–Crippen LogP) is 2.67. The quantitative estimate of drug-likeness (QED) is 0.204. The number of benzene rings is 1. The van der Waals surface area contributed by atoms with E-state index in [1.54, 1.807) is 12.1 Å². The van der Waals surface area contributed by atoms with Crippen LogP contribution in [0.25, 0.3) is 0 Å². The minimum Gasteiger partial charge on any atom is -0.381 e. The highest BCUT2D eigenvalue weighted by Crippen LogP contribution is 2.05. The van der Waals surface area contributed by atoms with Gasteiger partial charge in [0.15, 0.2) is 5.96 Å². The van der Waals surface area contributed by atoms with E-state index in [1.807, 2.05) is 19.1 Å². The van der Waals surface area contributed by atoms with E-state index in [9.17, 15) is 4.79 Å². The number of unbranched alkanes of at least 4 members (excludes halogenated alkanes) is 1. The van der Waals surface area contributed by atoms with Gasteiger partial charge in [0.2, 0.25) is 5.91 Å². The summed E-state index contributed by atoms with van der Waals surface area (Å²) in [6, 6.07) is 7.19. The Hall–Kier alpha value is -1.35. The highest BCUT2D eigenvalue weighted by molar-refractivity contribution is 14.0. The molecule has 0 heterocycles. The van der Waals surface area contributed by atoms with Gasteiger partial charge in [-0.2, -0.15) is 0 Å². The molecule has 1 rings (SSSR count). The second kappa shape index (κ2) is 14.9. The van der Waals surface area contributed by atoms with Crippen LogP contribution in [0.5, 0.6) is 0 Å². The number of rotatable bonds is 11. The number of nitrogens with zero attached hydrogens (tertiary/aromatic N) is 1. The molecule has 1 aromatic rings. The van der Waals surface area contributed by atoms with Crippen molar-refractivity contribution in [3.8, 4) is 0 Å². The molecular weight excluding hydrogens is 431 g/mol. The number of carbonyl (C=O) groups is 1. The van der Waals surface area contributed by atoms with Crippen LogP contribution in [0.1, 0.15) is 49.0 Å². The van der Waals surface area contributed by atoms with Crippen LogP contribution < -0.4 is 16.4 Å². The monoisotopic (exact) mass is 462 g/mol.